The number of halogens is 2. The van der Waals surface area contributed by atoms with Gasteiger partial charge in [0, 0.05) is 24.2 Å². The average molecular weight is 292 g/mol. The summed E-state index contributed by atoms with van der Waals surface area (Å²) in [4.78, 5) is 19.1. The van der Waals surface area contributed by atoms with E-state index >= 15 is 0 Å². The van der Waals surface area contributed by atoms with E-state index in [1.54, 1.807) is 16.8 Å². The SMILES string of the molecule is O=C(O)c1nccn2cc(-c3ccc(F)c(Cl)c3)nc12. The van der Waals surface area contributed by atoms with Gasteiger partial charge in [-0.15, -0.1) is 0 Å². The summed E-state index contributed by atoms with van der Waals surface area (Å²) in [6.07, 6.45) is 4.59. The van der Waals surface area contributed by atoms with Crippen LogP contribution < -0.4 is 0 Å². The molecule has 100 valence electrons. The van der Waals surface area contributed by atoms with Crippen molar-refractivity contribution in [3.63, 3.8) is 0 Å². The summed E-state index contributed by atoms with van der Waals surface area (Å²) in [5, 5.41) is 9.04. The molecule has 0 radical (unpaired) electrons. The molecule has 0 atom stereocenters. The number of fused-ring (bicyclic) bond motifs is 1. The summed E-state index contributed by atoms with van der Waals surface area (Å²) in [6, 6.07) is 4.20. The van der Waals surface area contributed by atoms with Crippen molar-refractivity contribution in [2.75, 3.05) is 0 Å². The highest BCUT2D eigenvalue weighted by Crippen LogP contribution is 2.25. The second kappa shape index (κ2) is 4.57. The Morgan fingerprint density at radius 1 is 1.40 bits per heavy atom. The zero-order valence-electron chi connectivity index (χ0n) is 9.92. The first kappa shape index (κ1) is 12.6. The minimum atomic E-state index is -1.16. The van der Waals surface area contributed by atoms with Gasteiger partial charge < -0.3 is 9.51 Å². The number of carboxylic acid groups (broad SMARTS) is 1. The number of carbonyl (C=O) groups is 1. The average Bonchev–Trinajstić information content (AvgIpc) is 2.85. The van der Waals surface area contributed by atoms with Crippen molar-refractivity contribution in [2.45, 2.75) is 0 Å². The van der Waals surface area contributed by atoms with Gasteiger partial charge in [-0.3, -0.25) is 0 Å². The minimum absolute atomic E-state index is 0.0175. The third kappa shape index (κ3) is 2.00. The molecule has 1 aromatic carbocycles. The maximum Gasteiger partial charge on any atom is 0.358 e. The van der Waals surface area contributed by atoms with Crippen LogP contribution in [-0.4, -0.2) is 25.4 Å². The Morgan fingerprint density at radius 2 is 2.20 bits per heavy atom. The zero-order chi connectivity index (χ0) is 14.3. The third-order valence-corrected chi connectivity index (χ3v) is 3.08. The summed E-state index contributed by atoms with van der Waals surface area (Å²) < 4.78 is 14.7. The number of hydrogen-bond acceptors (Lipinski definition) is 3. The Hall–Kier alpha value is -2.47. The minimum Gasteiger partial charge on any atom is -0.476 e. The standard InChI is InChI=1S/C13H7ClFN3O2/c14-8-5-7(1-2-9(8)15)10-6-18-4-3-16-11(13(19)20)12(18)17-10/h1-6H,(H,19,20). The highest BCUT2D eigenvalue weighted by Gasteiger charge is 2.14. The normalized spacial score (nSPS) is 10.9. The van der Waals surface area contributed by atoms with Gasteiger partial charge in [-0.05, 0) is 18.2 Å². The monoisotopic (exact) mass is 291 g/mol. The van der Waals surface area contributed by atoms with E-state index in [9.17, 15) is 9.18 Å². The van der Waals surface area contributed by atoms with Crippen molar-refractivity contribution >= 4 is 23.2 Å². The molecule has 5 nitrogen and oxygen atoms in total. The number of imidazole rings is 1. The van der Waals surface area contributed by atoms with Crippen molar-refractivity contribution in [1.82, 2.24) is 14.4 Å². The van der Waals surface area contributed by atoms with Gasteiger partial charge in [0.05, 0.1) is 10.7 Å². The zero-order valence-corrected chi connectivity index (χ0v) is 10.7. The third-order valence-electron chi connectivity index (χ3n) is 2.79. The maximum absolute atomic E-state index is 13.1. The van der Waals surface area contributed by atoms with Crippen LogP contribution in [-0.2, 0) is 0 Å². The molecule has 0 aliphatic heterocycles. The summed E-state index contributed by atoms with van der Waals surface area (Å²) in [6.45, 7) is 0. The molecule has 0 unspecified atom stereocenters. The molecule has 3 aromatic rings. The Balaban J connectivity index is 2.20. The molecular formula is C13H7ClFN3O2. The van der Waals surface area contributed by atoms with Crippen LogP contribution in [0.1, 0.15) is 10.5 Å². The lowest BCUT2D eigenvalue weighted by molar-refractivity contribution is 0.0692. The van der Waals surface area contributed by atoms with Gasteiger partial charge in [0.2, 0.25) is 0 Å². The van der Waals surface area contributed by atoms with Crippen molar-refractivity contribution < 1.29 is 14.3 Å². The van der Waals surface area contributed by atoms with E-state index in [2.05, 4.69) is 9.97 Å². The number of hydrogen-bond donors (Lipinski definition) is 1. The first-order valence-corrected chi connectivity index (χ1v) is 5.96. The van der Waals surface area contributed by atoms with Crippen LogP contribution in [0.5, 0.6) is 0 Å². The largest absolute Gasteiger partial charge is 0.476 e. The van der Waals surface area contributed by atoms with E-state index in [-0.39, 0.29) is 16.4 Å². The molecule has 0 saturated carbocycles. The molecule has 0 aliphatic rings. The molecular weight excluding hydrogens is 285 g/mol. The van der Waals surface area contributed by atoms with Crippen molar-refractivity contribution in [3.8, 4) is 11.3 Å². The molecule has 0 aliphatic carbocycles. The number of carboxylic acids is 1. The lowest BCUT2D eigenvalue weighted by Crippen LogP contribution is -2.03. The maximum atomic E-state index is 13.1. The Morgan fingerprint density at radius 3 is 2.90 bits per heavy atom. The Kier molecular flexibility index (Phi) is 2.87. The van der Waals surface area contributed by atoms with Crippen molar-refractivity contribution in [2.24, 2.45) is 0 Å². The molecule has 20 heavy (non-hydrogen) atoms. The van der Waals surface area contributed by atoms with Crippen molar-refractivity contribution in [1.29, 1.82) is 0 Å². The molecule has 0 saturated heterocycles. The number of benzene rings is 1. The van der Waals surface area contributed by atoms with Crippen LogP contribution in [0.2, 0.25) is 5.02 Å². The fourth-order valence-electron chi connectivity index (χ4n) is 1.87. The van der Waals surface area contributed by atoms with Crippen LogP contribution >= 0.6 is 11.6 Å². The Labute approximate surface area is 117 Å². The van der Waals surface area contributed by atoms with Gasteiger partial charge in [0.15, 0.2) is 11.3 Å². The number of nitrogens with zero attached hydrogens (tertiary/aromatic N) is 3. The van der Waals surface area contributed by atoms with Gasteiger partial charge in [-0.2, -0.15) is 0 Å². The molecule has 0 amide bonds. The Bertz CT molecular complexity index is 832. The fourth-order valence-corrected chi connectivity index (χ4v) is 2.05. The van der Waals surface area contributed by atoms with Gasteiger partial charge in [-0.25, -0.2) is 19.2 Å². The van der Waals surface area contributed by atoms with Crippen LogP contribution in [0.15, 0.2) is 36.8 Å². The summed E-state index contributed by atoms with van der Waals surface area (Å²) in [5.41, 5.74) is 1.15. The molecule has 2 aromatic heterocycles. The summed E-state index contributed by atoms with van der Waals surface area (Å²) in [5.74, 6) is -1.68. The van der Waals surface area contributed by atoms with Gasteiger partial charge in [0.1, 0.15) is 5.82 Å². The molecule has 0 fully saturated rings. The molecule has 0 bridgehead atoms. The highest BCUT2D eigenvalue weighted by atomic mass is 35.5. The molecule has 3 rings (SSSR count). The number of aromatic nitrogens is 3. The lowest BCUT2D eigenvalue weighted by Gasteiger charge is -1.98. The predicted octanol–water partition coefficient (Wildman–Crippen LogP) is 2.89. The van der Waals surface area contributed by atoms with Gasteiger partial charge >= 0.3 is 5.97 Å². The van der Waals surface area contributed by atoms with E-state index < -0.39 is 11.8 Å². The molecule has 1 N–H and O–H groups in total. The number of rotatable bonds is 2. The first-order valence-electron chi connectivity index (χ1n) is 5.58. The van der Waals surface area contributed by atoms with Crippen LogP contribution in [0.3, 0.4) is 0 Å². The lowest BCUT2D eigenvalue weighted by atomic mass is 10.2. The number of aromatic carboxylic acids is 1. The molecule has 2 heterocycles. The fraction of sp³-hybridized carbons (Fsp3) is 0. The van der Waals surface area contributed by atoms with Crippen LogP contribution in [0.4, 0.5) is 4.39 Å². The van der Waals surface area contributed by atoms with E-state index in [0.29, 0.717) is 11.3 Å². The second-order valence-corrected chi connectivity index (χ2v) is 4.47. The smallest absolute Gasteiger partial charge is 0.358 e. The van der Waals surface area contributed by atoms with E-state index in [4.69, 9.17) is 16.7 Å². The van der Waals surface area contributed by atoms with Crippen LogP contribution in [0, 0.1) is 5.82 Å². The summed E-state index contributed by atoms with van der Waals surface area (Å²) >= 11 is 5.73. The molecule has 0 spiro atoms. The topological polar surface area (TPSA) is 67.5 Å². The van der Waals surface area contributed by atoms with Crippen molar-refractivity contribution in [3.05, 3.63) is 53.3 Å². The first-order chi connectivity index (χ1) is 9.56. The van der Waals surface area contributed by atoms with Crippen LogP contribution in [0.25, 0.3) is 16.9 Å². The predicted molar refractivity (Wildman–Crippen MR) is 70.4 cm³/mol. The second-order valence-electron chi connectivity index (χ2n) is 4.07. The van der Waals surface area contributed by atoms with Gasteiger partial charge in [-0.1, -0.05) is 11.6 Å². The van der Waals surface area contributed by atoms with Gasteiger partial charge in [0.25, 0.3) is 0 Å². The van der Waals surface area contributed by atoms with E-state index in [1.165, 1.54) is 24.4 Å². The summed E-state index contributed by atoms with van der Waals surface area (Å²) in [7, 11) is 0. The highest BCUT2D eigenvalue weighted by molar-refractivity contribution is 6.31. The van der Waals surface area contributed by atoms with E-state index in [0.717, 1.165) is 0 Å². The molecule has 7 heteroatoms. The quantitative estimate of drug-likeness (QED) is 0.788. The van der Waals surface area contributed by atoms with E-state index in [1.807, 2.05) is 0 Å².